The summed E-state index contributed by atoms with van der Waals surface area (Å²) in [5.74, 6) is -1.04. The number of aliphatic carboxylic acids is 1. The lowest BCUT2D eigenvalue weighted by Crippen LogP contribution is -2.40. The molecule has 0 unspecified atom stereocenters. The minimum Gasteiger partial charge on any atom is -0.481 e. The summed E-state index contributed by atoms with van der Waals surface area (Å²) in [6.45, 7) is 1.95. The van der Waals surface area contributed by atoms with Crippen molar-refractivity contribution in [1.82, 2.24) is 14.7 Å². The van der Waals surface area contributed by atoms with Crippen molar-refractivity contribution in [3.8, 4) is 0 Å². The van der Waals surface area contributed by atoms with E-state index in [1.54, 1.807) is 11.1 Å². The fourth-order valence-electron chi connectivity index (χ4n) is 3.10. The van der Waals surface area contributed by atoms with Crippen LogP contribution in [-0.4, -0.2) is 44.8 Å². The number of carboxylic acids is 1. The van der Waals surface area contributed by atoms with Crippen molar-refractivity contribution in [2.75, 3.05) is 13.1 Å². The highest BCUT2D eigenvalue weighted by molar-refractivity contribution is 5.95. The van der Waals surface area contributed by atoms with Crippen LogP contribution in [0.4, 0.5) is 0 Å². The Morgan fingerprint density at radius 2 is 1.95 bits per heavy atom. The molecule has 108 valence electrons. The van der Waals surface area contributed by atoms with Crippen molar-refractivity contribution in [3.63, 3.8) is 0 Å². The molecule has 0 spiro atoms. The second-order valence-electron chi connectivity index (χ2n) is 5.59. The van der Waals surface area contributed by atoms with Gasteiger partial charge in [0.25, 0.3) is 5.91 Å². The first-order chi connectivity index (χ1) is 9.66. The molecule has 6 heteroatoms. The summed E-state index contributed by atoms with van der Waals surface area (Å²) in [4.78, 5) is 25.2. The third-order valence-electron chi connectivity index (χ3n) is 4.34. The summed E-state index contributed by atoms with van der Waals surface area (Å²) in [5, 5.41) is 13.3. The summed E-state index contributed by atoms with van der Waals surface area (Å²) in [5.41, 5.74) is 1.75. The maximum absolute atomic E-state index is 12.5. The smallest absolute Gasteiger partial charge is 0.306 e. The molecule has 0 aliphatic carbocycles. The number of aromatic nitrogens is 2. The molecule has 1 N–H and O–H groups in total. The van der Waals surface area contributed by atoms with Crippen LogP contribution in [0.25, 0.3) is 0 Å². The molecule has 2 aliphatic rings. The van der Waals surface area contributed by atoms with Gasteiger partial charge in [0, 0.05) is 19.6 Å². The highest BCUT2D eigenvalue weighted by Crippen LogP contribution is 2.23. The van der Waals surface area contributed by atoms with Crippen LogP contribution < -0.4 is 0 Å². The number of carbonyl (C=O) groups is 2. The molecule has 3 rings (SSSR count). The number of aryl methyl sites for hydroxylation is 1. The molecule has 1 aromatic rings. The number of hydrogen-bond donors (Lipinski definition) is 1. The Morgan fingerprint density at radius 3 is 2.65 bits per heavy atom. The highest BCUT2D eigenvalue weighted by atomic mass is 16.4. The topological polar surface area (TPSA) is 75.4 Å². The van der Waals surface area contributed by atoms with Crippen molar-refractivity contribution in [2.24, 2.45) is 5.92 Å². The van der Waals surface area contributed by atoms with E-state index < -0.39 is 5.97 Å². The molecule has 1 amide bonds. The number of piperidine rings is 1. The van der Waals surface area contributed by atoms with Crippen molar-refractivity contribution in [3.05, 3.63) is 17.5 Å². The molecular formula is C14H19N3O3. The fourth-order valence-corrected chi connectivity index (χ4v) is 3.10. The number of amides is 1. The molecule has 0 radical (unpaired) electrons. The maximum Gasteiger partial charge on any atom is 0.306 e. The lowest BCUT2D eigenvalue weighted by molar-refractivity contribution is -0.143. The van der Waals surface area contributed by atoms with Gasteiger partial charge in [-0.2, -0.15) is 5.10 Å². The third-order valence-corrected chi connectivity index (χ3v) is 4.34. The van der Waals surface area contributed by atoms with Gasteiger partial charge in [0.1, 0.15) is 0 Å². The first-order valence-corrected chi connectivity index (χ1v) is 7.23. The number of carbonyl (C=O) groups excluding carboxylic acids is 1. The van der Waals surface area contributed by atoms with E-state index in [1.807, 2.05) is 4.68 Å². The van der Waals surface area contributed by atoms with Gasteiger partial charge >= 0.3 is 5.97 Å². The molecule has 20 heavy (non-hydrogen) atoms. The van der Waals surface area contributed by atoms with Crippen molar-refractivity contribution >= 4 is 11.9 Å². The van der Waals surface area contributed by atoms with E-state index in [4.69, 9.17) is 5.11 Å². The predicted molar refractivity (Wildman–Crippen MR) is 71.4 cm³/mol. The molecule has 1 fully saturated rings. The van der Waals surface area contributed by atoms with Crippen LogP contribution in [0.3, 0.4) is 0 Å². The summed E-state index contributed by atoms with van der Waals surface area (Å²) in [6, 6.07) is 0. The zero-order valence-electron chi connectivity index (χ0n) is 11.4. The van der Waals surface area contributed by atoms with E-state index in [0.717, 1.165) is 31.5 Å². The molecule has 0 bridgehead atoms. The molecule has 0 saturated carbocycles. The quantitative estimate of drug-likeness (QED) is 0.880. The van der Waals surface area contributed by atoms with Gasteiger partial charge in [-0.3, -0.25) is 14.3 Å². The maximum atomic E-state index is 12.5. The van der Waals surface area contributed by atoms with Crippen LogP contribution in [0.5, 0.6) is 0 Å². The van der Waals surface area contributed by atoms with Crippen molar-refractivity contribution in [2.45, 2.75) is 38.6 Å². The molecule has 2 aliphatic heterocycles. The van der Waals surface area contributed by atoms with Gasteiger partial charge in [0.2, 0.25) is 0 Å². The Kier molecular flexibility index (Phi) is 3.46. The zero-order chi connectivity index (χ0) is 14.1. The van der Waals surface area contributed by atoms with Crippen molar-refractivity contribution in [1.29, 1.82) is 0 Å². The number of carboxylic acid groups (broad SMARTS) is 1. The molecule has 1 aromatic heterocycles. The van der Waals surface area contributed by atoms with Gasteiger partial charge in [-0.15, -0.1) is 0 Å². The van der Waals surface area contributed by atoms with E-state index in [1.165, 1.54) is 0 Å². The Bertz CT molecular complexity index is 530. The summed E-state index contributed by atoms with van der Waals surface area (Å²) >= 11 is 0. The highest BCUT2D eigenvalue weighted by Gasteiger charge is 2.29. The van der Waals surface area contributed by atoms with Crippen LogP contribution in [0, 0.1) is 5.92 Å². The number of hydrogen-bond acceptors (Lipinski definition) is 3. The lowest BCUT2D eigenvalue weighted by atomic mass is 9.96. The van der Waals surface area contributed by atoms with E-state index in [0.29, 0.717) is 31.5 Å². The van der Waals surface area contributed by atoms with Gasteiger partial charge in [-0.1, -0.05) is 0 Å². The summed E-state index contributed by atoms with van der Waals surface area (Å²) < 4.78 is 1.93. The Balaban J connectivity index is 1.71. The van der Waals surface area contributed by atoms with Gasteiger partial charge < -0.3 is 10.0 Å². The first kappa shape index (κ1) is 13.1. The van der Waals surface area contributed by atoms with E-state index in [-0.39, 0.29) is 11.8 Å². The van der Waals surface area contributed by atoms with Crippen LogP contribution in [0.1, 0.15) is 41.7 Å². The van der Waals surface area contributed by atoms with E-state index >= 15 is 0 Å². The number of rotatable bonds is 2. The zero-order valence-corrected chi connectivity index (χ0v) is 11.4. The number of nitrogens with zero attached hydrogens (tertiary/aromatic N) is 3. The Morgan fingerprint density at radius 1 is 1.20 bits per heavy atom. The Labute approximate surface area is 117 Å². The molecular weight excluding hydrogens is 258 g/mol. The number of fused-ring (bicyclic) bond motifs is 1. The second-order valence-corrected chi connectivity index (χ2v) is 5.59. The van der Waals surface area contributed by atoms with Gasteiger partial charge in [0.15, 0.2) is 0 Å². The summed E-state index contributed by atoms with van der Waals surface area (Å²) in [6.07, 6.45) is 5.90. The third kappa shape index (κ3) is 2.30. The lowest BCUT2D eigenvalue weighted by Gasteiger charge is -2.30. The molecule has 3 heterocycles. The molecule has 6 nitrogen and oxygen atoms in total. The summed E-state index contributed by atoms with van der Waals surface area (Å²) in [7, 11) is 0. The van der Waals surface area contributed by atoms with Crippen molar-refractivity contribution < 1.29 is 14.7 Å². The predicted octanol–water partition coefficient (Wildman–Crippen LogP) is 1.16. The van der Waals surface area contributed by atoms with Crippen LogP contribution in [0.15, 0.2) is 6.20 Å². The minimum absolute atomic E-state index is 0.0111. The standard InChI is InChI=1S/C14H19N3O3/c18-13(16-7-4-10(5-8-16)14(19)20)11-9-15-17-6-2-1-3-12(11)17/h9-10H,1-8H2,(H,19,20). The average Bonchev–Trinajstić information content (AvgIpc) is 2.90. The van der Waals surface area contributed by atoms with Crippen LogP contribution in [-0.2, 0) is 17.8 Å². The molecule has 1 saturated heterocycles. The SMILES string of the molecule is O=C(O)C1CCN(C(=O)c2cnn3c2CCCC3)CC1. The second kappa shape index (κ2) is 5.26. The average molecular weight is 277 g/mol. The molecule has 0 aromatic carbocycles. The van der Waals surface area contributed by atoms with Crippen LogP contribution >= 0.6 is 0 Å². The van der Waals surface area contributed by atoms with E-state index in [2.05, 4.69) is 5.10 Å². The monoisotopic (exact) mass is 277 g/mol. The van der Waals surface area contributed by atoms with E-state index in [9.17, 15) is 9.59 Å². The van der Waals surface area contributed by atoms with Crippen LogP contribution in [0.2, 0.25) is 0 Å². The van der Waals surface area contributed by atoms with Gasteiger partial charge in [0.05, 0.1) is 23.4 Å². The first-order valence-electron chi connectivity index (χ1n) is 7.23. The fraction of sp³-hybridized carbons (Fsp3) is 0.643. The number of likely N-dealkylation sites (tertiary alicyclic amines) is 1. The minimum atomic E-state index is -0.750. The molecule has 0 atom stereocenters. The van der Waals surface area contributed by atoms with Gasteiger partial charge in [-0.05, 0) is 32.1 Å². The van der Waals surface area contributed by atoms with Gasteiger partial charge in [-0.25, -0.2) is 0 Å². The Hall–Kier alpha value is -1.85. The normalized spacial score (nSPS) is 19.7. The largest absolute Gasteiger partial charge is 0.481 e.